The smallest absolute Gasteiger partial charge is 0.416 e. The second-order valence-corrected chi connectivity index (χ2v) is 4.47. The van der Waals surface area contributed by atoms with E-state index in [9.17, 15) is 23.1 Å². The van der Waals surface area contributed by atoms with Crippen LogP contribution in [0, 0.1) is 0 Å². The Morgan fingerprint density at radius 3 is 2.33 bits per heavy atom. The molecular weight excluding hydrogens is 283 g/mol. The van der Waals surface area contributed by atoms with Gasteiger partial charge in [0.05, 0.1) is 12.0 Å². The number of phenolic OH excluding ortho intramolecular Hbond substituents is 1. The van der Waals surface area contributed by atoms with Crippen LogP contribution in [0.25, 0.3) is 0 Å². The highest BCUT2D eigenvalue weighted by Gasteiger charge is 2.29. The Kier molecular flexibility index (Phi) is 4.16. The van der Waals surface area contributed by atoms with Crippen LogP contribution in [0.5, 0.6) is 5.75 Å². The number of carbonyl (C=O) groups is 1. The Hall–Kier alpha value is -2.50. The molecule has 0 unspecified atom stereocenters. The van der Waals surface area contributed by atoms with Crippen LogP contribution in [0.4, 0.5) is 18.9 Å². The number of anilines is 1. The maximum Gasteiger partial charge on any atom is 0.416 e. The molecule has 0 heterocycles. The number of alkyl halides is 3. The molecule has 0 radical (unpaired) electrons. The fourth-order valence-electron chi connectivity index (χ4n) is 1.80. The molecule has 0 aliphatic rings. The second-order valence-electron chi connectivity index (χ2n) is 4.47. The lowest BCUT2D eigenvalue weighted by molar-refractivity contribution is -0.137. The molecule has 2 aromatic carbocycles. The van der Waals surface area contributed by atoms with E-state index in [4.69, 9.17) is 0 Å². The van der Waals surface area contributed by atoms with E-state index in [2.05, 4.69) is 5.32 Å². The Morgan fingerprint density at radius 1 is 1.10 bits per heavy atom. The molecule has 0 saturated carbocycles. The van der Waals surface area contributed by atoms with E-state index in [-0.39, 0.29) is 23.8 Å². The first-order valence-corrected chi connectivity index (χ1v) is 6.09. The monoisotopic (exact) mass is 295 g/mol. The van der Waals surface area contributed by atoms with Crippen LogP contribution in [-0.2, 0) is 17.4 Å². The molecule has 110 valence electrons. The fourth-order valence-corrected chi connectivity index (χ4v) is 1.80. The first-order chi connectivity index (χ1) is 9.84. The molecule has 0 spiro atoms. The summed E-state index contributed by atoms with van der Waals surface area (Å²) in [4.78, 5) is 11.8. The summed E-state index contributed by atoms with van der Waals surface area (Å²) in [6, 6.07) is 10.4. The van der Waals surface area contributed by atoms with Crippen molar-refractivity contribution in [2.45, 2.75) is 12.6 Å². The molecule has 0 aliphatic heterocycles. The first kappa shape index (κ1) is 14.9. The summed E-state index contributed by atoms with van der Waals surface area (Å²) in [5.41, 5.74) is 0.126. The summed E-state index contributed by atoms with van der Waals surface area (Å²) < 4.78 is 37.2. The van der Waals surface area contributed by atoms with E-state index in [1.807, 2.05) is 0 Å². The van der Waals surface area contributed by atoms with Gasteiger partial charge in [0.2, 0.25) is 5.91 Å². The number of hydrogen-bond acceptors (Lipinski definition) is 2. The van der Waals surface area contributed by atoms with Gasteiger partial charge in [0.1, 0.15) is 5.75 Å². The first-order valence-electron chi connectivity index (χ1n) is 6.09. The molecule has 2 rings (SSSR count). The van der Waals surface area contributed by atoms with Crippen molar-refractivity contribution in [3.8, 4) is 5.75 Å². The van der Waals surface area contributed by atoms with E-state index in [1.54, 1.807) is 12.1 Å². The molecule has 2 aromatic rings. The van der Waals surface area contributed by atoms with Gasteiger partial charge in [-0.25, -0.2) is 0 Å². The van der Waals surface area contributed by atoms with E-state index < -0.39 is 11.7 Å². The molecule has 3 nitrogen and oxygen atoms in total. The highest BCUT2D eigenvalue weighted by molar-refractivity contribution is 5.92. The zero-order valence-corrected chi connectivity index (χ0v) is 10.8. The van der Waals surface area contributed by atoms with Gasteiger partial charge in [-0.05, 0) is 42.0 Å². The minimum Gasteiger partial charge on any atom is -0.508 e. The van der Waals surface area contributed by atoms with E-state index >= 15 is 0 Å². The molecule has 0 atom stereocenters. The van der Waals surface area contributed by atoms with Gasteiger partial charge in [0, 0.05) is 5.69 Å². The van der Waals surface area contributed by atoms with Gasteiger partial charge in [-0.2, -0.15) is 13.2 Å². The third kappa shape index (κ3) is 4.24. The van der Waals surface area contributed by atoms with E-state index in [0.29, 0.717) is 5.56 Å². The Labute approximate surface area is 119 Å². The van der Waals surface area contributed by atoms with Crippen LogP contribution < -0.4 is 5.32 Å². The number of aromatic hydroxyl groups is 1. The maximum atomic E-state index is 12.4. The van der Waals surface area contributed by atoms with Crippen LogP contribution >= 0.6 is 0 Å². The molecule has 0 saturated heterocycles. The average Bonchev–Trinajstić information content (AvgIpc) is 2.38. The Balaban J connectivity index is 2.00. The molecule has 0 fully saturated rings. The van der Waals surface area contributed by atoms with Gasteiger partial charge in [0.15, 0.2) is 0 Å². The maximum absolute atomic E-state index is 12.4. The van der Waals surface area contributed by atoms with Gasteiger partial charge >= 0.3 is 6.18 Å². The van der Waals surface area contributed by atoms with Crippen molar-refractivity contribution in [1.82, 2.24) is 0 Å². The van der Waals surface area contributed by atoms with Crippen molar-refractivity contribution in [1.29, 1.82) is 0 Å². The highest BCUT2D eigenvalue weighted by Crippen LogP contribution is 2.29. The summed E-state index contributed by atoms with van der Waals surface area (Å²) >= 11 is 0. The standard InChI is InChI=1S/C15H12F3NO2/c16-15(17,18)11-4-6-12(7-5-11)19-14(21)9-10-2-1-3-13(20)8-10/h1-8,20H,9H2,(H,19,21). The van der Waals surface area contributed by atoms with Crippen LogP contribution in [0.2, 0.25) is 0 Å². The lowest BCUT2D eigenvalue weighted by Gasteiger charge is -2.09. The number of halogens is 3. The topological polar surface area (TPSA) is 49.3 Å². The van der Waals surface area contributed by atoms with Gasteiger partial charge < -0.3 is 10.4 Å². The predicted molar refractivity (Wildman–Crippen MR) is 71.9 cm³/mol. The number of phenols is 1. The van der Waals surface area contributed by atoms with Gasteiger partial charge in [-0.3, -0.25) is 4.79 Å². The van der Waals surface area contributed by atoms with Crippen LogP contribution in [0.1, 0.15) is 11.1 Å². The van der Waals surface area contributed by atoms with Crippen LogP contribution in [-0.4, -0.2) is 11.0 Å². The Bertz CT molecular complexity index is 636. The van der Waals surface area contributed by atoms with Gasteiger partial charge in [-0.15, -0.1) is 0 Å². The van der Waals surface area contributed by atoms with Crippen LogP contribution in [0.3, 0.4) is 0 Å². The van der Waals surface area contributed by atoms with Crippen LogP contribution in [0.15, 0.2) is 48.5 Å². The molecule has 0 bridgehead atoms. The number of hydrogen-bond donors (Lipinski definition) is 2. The lowest BCUT2D eigenvalue weighted by atomic mass is 10.1. The molecular formula is C15H12F3NO2. The normalized spacial score (nSPS) is 11.2. The second kappa shape index (κ2) is 5.87. The number of benzene rings is 2. The minimum atomic E-state index is -4.40. The summed E-state index contributed by atoms with van der Waals surface area (Å²) in [5, 5.41) is 11.8. The molecule has 2 N–H and O–H groups in total. The zero-order valence-electron chi connectivity index (χ0n) is 10.8. The fraction of sp³-hybridized carbons (Fsp3) is 0.133. The number of amides is 1. The van der Waals surface area contributed by atoms with Gasteiger partial charge in [0.25, 0.3) is 0 Å². The lowest BCUT2D eigenvalue weighted by Crippen LogP contribution is -2.14. The average molecular weight is 295 g/mol. The highest BCUT2D eigenvalue weighted by atomic mass is 19.4. The molecule has 6 heteroatoms. The van der Waals surface area contributed by atoms with Crippen molar-refractivity contribution in [2.24, 2.45) is 0 Å². The summed E-state index contributed by atoms with van der Waals surface area (Å²) in [5.74, 6) is -0.324. The molecule has 0 aliphatic carbocycles. The summed E-state index contributed by atoms with van der Waals surface area (Å²) in [6.07, 6.45) is -4.38. The van der Waals surface area contributed by atoms with Crippen molar-refractivity contribution in [2.75, 3.05) is 5.32 Å². The third-order valence-corrected chi connectivity index (χ3v) is 2.77. The molecule has 0 aromatic heterocycles. The zero-order chi connectivity index (χ0) is 15.5. The quantitative estimate of drug-likeness (QED) is 0.909. The van der Waals surface area contributed by atoms with E-state index in [1.165, 1.54) is 24.3 Å². The van der Waals surface area contributed by atoms with Crippen molar-refractivity contribution < 1.29 is 23.1 Å². The SMILES string of the molecule is O=C(Cc1cccc(O)c1)Nc1ccc(C(F)(F)F)cc1. The largest absolute Gasteiger partial charge is 0.508 e. The van der Waals surface area contributed by atoms with Crippen molar-refractivity contribution in [3.05, 3.63) is 59.7 Å². The third-order valence-electron chi connectivity index (χ3n) is 2.77. The molecule has 21 heavy (non-hydrogen) atoms. The number of rotatable bonds is 3. The number of carbonyl (C=O) groups excluding carboxylic acids is 1. The summed E-state index contributed by atoms with van der Waals surface area (Å²) in [7, 11) is 0. The van der Waals surface area contributed by atoms with Crippen molar-refractivity contribution in [3.63, 3.8) is 0 Å². The van der Waals surface area contributed by atoms with Gasteiger partial charge in [-0.1, -0.05) is 12.1 Å². The Morgan fingerprint density at radius 2 is 1.76 bits per heavy atom. The van der Waals surface area contributed by atoms with E-state index in [0.717, 1.165) is 12.1 Å². The summed E-state index contributed by atoms with van der Waals surface area (Å²) in [6.45, 7) is 0. The molecule has 1 amide bonds. The van der Waals surface area contributed by atoms with Crippen molar-refractivity contribution >= 4 is 11.6 Å². The predicted octanol–water partition coefficient (Wildman–Crippen LogP) is 3.59. The minimum absolute atomic E-state index is 0.0232. The number of nitrogens with one attached hydrogen (secondary N) is 1.